The molecular formula is C18H20N4O5. The molecule has 2 aromatic rings. The van der Waals surface area contributed by atoms with E-state index in [2.05, 4.69) is 9.97 Å². The summed E-state index contributed by atoms with van der Waals surface area (Å²) in [5.74, 6) is -0.595. The Bertz CT molecular complexity index is 830. The van der Waals surface area contributed by atoms with E-state index in [0.29, 0.717) is 44.2 Å². The number of piperidine rings is 1. The number of aromatic carboxylic acids is 1. The zero-order chi connectivity index (χ0) is 18.9. The number of carbonyl (C=O) groups excluding carboxylic acids is 1. The van der Waals surface area contributed by atoms with Crippen molar-refractivity contribution in [2.45, 2.75) is 18.4 Å². The van der Waals surface area contributed by atoms with E-state index in [-0.39, 0.29) is 17.2 Å². The van der Waals surface area contributed by atoms with Crippen LogP contribution in [-0.2, 0) is 4.74 Å². The molecule has 0 radical (unpaired) electrons. The Morgan fingerprint density at radius 3 is 2.70 bits per heavy atom. The SMILES string of the molecule is O=C(O)c1cncc(N2CCC3(CC2)CN(C(=O)c2ccoc2)CCO3)n1. The third-order valence-corrected chi connectivity index (χ3v) is 5.14. The van der Waals surface area contributed by atoms with Gasteiger partial charge in [0.25, 0.3) is 5.91 Å². The molecule has 0 bridgehead atoms. The standard InChI is InChI=1S/C18H20N4O5/c23-16(13-1-7-26-11-13)22-6-8-27-18(12-22)2-4-21(5-3-18)15-10-19-9-14(20-15)17(24)25/h1,7,9-11H,2-6,8,12H2,(H,24,25). The number of carboxylic acid groups (broad SMARTS) is 1. The van der Waals surface area contributed by atoms with Gasteiger partial charge in [-0.05, 0) is 18.9 Å². The van der Waals surface area contributed by atoms with Crippen molar-refractivity contribution in [1.82, 2.24) is 14.9 Å². The van der Waals surface area contributed by atoms with Gasteiger partial charge >= 0.3 is 5.97 Å². The maximum absolute atomic E-state index is 12.6. The van der Waals surface area contributed by atoms with Crippen LogP contribution in [0.15, 0.2) is 35.4 Å². The summed E-state index contributed by atoms with van der Waals surface area (Å²) in [7, 11) is 0. The minimum Gasteiger partial charge on any atom is -0.476 e. The lowest BCUT2D eigenvalue weighted by atomic mass is 9.89. The van der Waals surface area contributed by atoms with Crippen LogP contribution in [0.25, 0.3) is 0 Å². The number of hydrogen-bond donors (Lipinski definition) is 1. The lowest BCUT2D eigenvalue weighted by Gasteiger charge is -2.47. The van der Waals surface area contributed by atoms with Gasteiger partial charge in [0.1, 0.15) is 12.1 Å². The van der Waals surface area contributed by atoms with E-state index in [1.54, 1.807) is 12.3 Å². The molecule has 4 rings (SSSR count). The van der Waals surface area contributed by atoms with Crippen LogP contribution < -0.4 is 4.90 Å². The highest BCUT2D eigenvalue weighted by atomic mass is 16.5. The Labute approximate surface area is 155 Å². The number of ether oxygens (including phenoxy) is 1. The monoisotopic (exact) mass is 372 g/mol. The number of rotatable bonds is 3. The summed E-state index contributed by atoms with van der Waals surface area (Å²) in [6.45, 7) is 2.90. The molecular weight excluding hydrogens is 352 g/mol. The molecule has 4 heterocycles. The second kappa shape index (κ2) is 6.99. The zero-order valence-electron chi connectivity index (χ0n) is 14.7. The summed E-state index contributed by atoms with van der Waals surface area (Å²) in [5, 5.41) is 9.08. The van der Waals surface area contributed by atoms with E-state index in [1.807, 2.05) is 9.80 Å². The van der Waals surface area contributed by atoms with Gasteiger partial charge in [-0.1, -0.05) is 0 Å². The molecule has 9 heteroatoms. The van der Waals surface area contributed by atoms with Crippen molar-refractivity contribution in [3.05, 3.63) is 42.2 Å². The first-order valence-corrected chi connectivity index (χ1v) is 8.82. The topological polar surface area (TPSA) is 109 Å². The van der Waals surface area contributed by atoms with E-state index < -0.39 is 5.97 Å². The number of amides is 1. The van der Waals surface area contributed by atoms with E-state index >= 15 is 0 Å². The van der Waals surface area contributed by atoms with Gasteiger partial charge in [-0.2, -0.15) is 0 Å². The predicted molar refractivity (Wildman–Crippen MR) is 93.7 cm³/mol. The van der Waals surface area contributed by atoms with Crippen molar-refractivity contribution < 1.29 is 23.8 Å². The van der Waals surface area contributed by atoms with Crippen molar-refractivity contribution >= 4 is 17.7 Å². The van der Waals surface area contributed by atoms with Crippen molar-refractivity contribution in [3.63, 3.8) is 0 Å². The van der Waals surface area contributed by atoms with Gasteiger partial charge in [-0.25, -0.2) is 9.78 Å². The van der Waals surface area contributed by atoms with Crippen LogP contribution >= 0.6 is 0 Å². The highest BCUT2D eigenvalue weighted by Crippen LogP contribution is 2.32. The van der Waals surface area contributed by atoms with Gasteiger partial charge in [0.2, 0.25) is 0 Å². The first kappa shape index (κ1) is 17.5. The van der Waals surface area contributed by atoms with Gasteiger partial charge in [-0.3, -0.25) is 9.78 Å². The Kier molecular flexibility index (Phi) is 4.53. The van der Waals surface area contributed by atoms with Gasteiger partial charge in [0.05, 0.1) is 43.0 Å². The normalized spacial score (nSPS) is 19.3. The van der Waals surface area contributed by atoms with Gasteiger partial charge in [-0.15, -0.1) is 0 Å². The highest BCUT2D eigenvalue weighted by molar-refractivity contribution is 5.94. The first-order chi connectivity index (χ1) is 13.1. The van der Waals surface area contributed by atoms with Crippen LogP contribution in [0.5, 0.6) is 0 Å². The molecule has 1 amide bonds. The van der Waals surface area contributed by atoms with Gasteiger partial charge < -0.3 is 24.1 Å². The number of hydrogen-bond acceptors (Lipinski definition) is 7. The number of morpholine rings is 1. The maximum atomic E-state index is 12.6. The molecule has 0 aliphatic carbocycles. The number of aromatic nitrogens is 2. The maximum Gasteiger partial charge on any atom is 0.356 e. The minimum atomic E-state index is -1.10. The molecule has 142 valence electrons. The number of furan rings is 1. The van der Waals surface area contributed by atoms with Crippen LogP contribution in [0, 0.1) is 0 Å². The third kappa shape index (κ3) is 3.50. The van der Waals surface area contributed by atoms with Gasteiger partial charge in [0, 0.05) is 19.6 Å². The van der Waals surface area contributed by atoms with E-state index in [9.17, 15) is 9.59 Å². The van der Waals surface area contributed by atoms with Crippen LogP contribution in [0.4, 0.5) is 5.82 Å². The first-order valence-electron chi connectivity index (χ1n) is 8.82. The van der Waals surface area contributed by atoms with Crippen molar-refractivity contribution in [1.29, 1.82) is 0 Å². The summed E-state index contributed by atoms with van der Waals surface area (Å²) < 4.78 is 11.1. The smallest absolute Gasteiger partial charge is 0.356 e. The molecule has 2 saturated heterocycles. The quantitative estimate of drug-likeness (QED) is 0.858. The Balaban J connectivity index is 1.42. The zero-order valence-corrected chi connectivity index (χ0v) is 14.7. The number of carbonyl (C=O) groups is 2. The van der Waals surface area contributed by atoms with E-state index in [1.165, 1.54) is 18.7 Å². The molecule has 0 unspecified atom stereocenters. The second-order valence-electron chi connectivity index (χ2n) is 6.82. The molecule has 2 fully saturated rings. The molecule has 2 aromatic heterocycles. The number of carboxylic acids is 1. The van der Waals surface area contributed by atoms with Crippen LogP contribution in [0.1, 0.15) is 33.7 Å². The Morgan fingerprint density at radius 1 is 1.19 bits per heavy atom. The summed E-state index contributed by atoms with van der Waals surface area (Å²) in [6, 6.07) is 1.67. The molecule has 1 N–H and O–H groups in total. The molecule has 2 aliphatic rings. The van der Waals surface area contributed by atoms with Crippen LogP contribution in [0.2, 0.25) is 0 Å². The summed E-state index contributed by atoms with van der Waals surface area (Å²) in [5.41, 5.74) is 0.0928. The molecule has 9 nitrogen and oxygen atoms in total. The third-order valence-electron chi connectivity index (χ3n) is 5.14. The summed E-state index contributed by atoms with van der Waals surface area (Å²) in [4.78, 5) is 35.6. The molecule has 0 saturated carbocycles. The average Bonchev–Trinajstić information content (AvgIpc) is 3.23. The lowest BCUT2D eigenvalue weighted by molar-refractivity contribution is -0.111. The van der Waals surface area contributed by atoms with Gasteiger partial charge in [0.15, 0.2) is 5.69 Å². The van der Waals surface area contributed by atoms with Crippen molar-refractivity contribution in [2.24, 2.45) is 0 Å². The lowest BCUT2D eigenvalue weighted by Crippen LogP contribution is -2.58. The molecule has 0 aromatic carbocycles. The molecule has 27 heavy (non-hydrogen) atoms. The fraction of sp³-hybridized carbons (Fsp3) is 0.444. The summed E-state index contributed by atoms with van der Waals surface area (Å²) >= 11 is 0. The Hall–Kier alpha value is -2.94. The van der Waals surface area contributed by atoms with Crippen LogP contribution in [-0.4, -0.2) is 70.2 Å². The second-order valence-corrected chi connectivity index (χ2v) is 6.82. The fourth-order valence-electron chi connectivity index (χ4n) is 3.64. The Morgan fingerprint density at radius 2 is 2.00 bits per heavy atom. The average molecular weight is 372 g/mol. The largest absolute Gasteiger partial charge is 0.476 e. The van der Waals surface area contributed by atoms with Crippen molar-refractivity contribution in [2.75, 3.05) is 37.7 Å². The van der Waals surface area contributed by atoms with E-state index in [4.69, 9.17) is 14.3 Å². The van der Waals surface area contributed by atoms with Crippen LogP contribution in [0.3, 0.4) is 0 Å². The fourth-order valence-corrected chi connectivity index (χ4v) is 3.64. The van der Waals surface area contributed by atoms with E-state index in [0.717, 1.165) is 12.8 Å². The number of nitrogens with zero attached hydrogens (tertiary/aromatic N) is 4. The highest BCUT2D eigenvalue weighted by Gasteiger charge is 2.41. The summed E-state index contributed by atoms with van der Waals surface area (Å²) in [6.07, 6.45) is 7.21. The molecule has 0 atom stereocenters. The number of anilines is 1. The van der Waals surface area contributed by atoms with Crippen molar-refractivity contribution in [3.8, 4) is 0 Å². The minimum absolute atomic E-state index is 0.0473. The predicted octanol–water partition coefficient (Wildman–Crippen LogP) is 1.28. The molecule has 2 aliphatic heterocycles. The molecule has 1 spiro atoms.